The highest BCUT2D eigenvalue weighted by Gasteiger charge is 2.13. The van der Waals surface area contributed by atoms with Crippen LogP contribution in [-0.2, 0) is 4.79 Å². The van der Waals surface area contributed by atoms with E-state index in [1.54, 1.807) is 6.07 Å². The lowest BCUT2D eigenvalue weighted by atomic mass is 10.2. The standard InChI is InChI=1S/C11H17N3O4/c1-7(2)8-6-9(13-18-8)12-11(17)14(3)5-4-10(15)16/h6-7H,4-5H2,1-3H3,(H,15,16)(H,12,13,17). The van der Waals surface area contributed by atoms with Crippen molar-refractivity contribution in [1.82, 2.24) is 10.1 Å². The number of carboxylic acid groups (broad SMARTS) is 1. The van der Waals surface area contributed by atoms with Crippen molar-refractivity contribution in [3.63, 3.8) is 0 Å². The van der Waals surface area contributed by atoms with Gasteiger partial charge in [0.15, 0.2) is 5.82 Å². The second kappa shape index (κ2) is 6.04. The van der Waals surface area contributed by atoms with Crippen LogP contribution in [0.5, 0.6) is 0 Å². The van der Waals surface area contributed by atoms with E-state index >= 15 is 0 Å². The first-order valence-electron chi connectivity index (χ1n) is 5.60. The molecule has 2 amide bonds. The summed E-state index contributed by atoms with van der Waals surface area (Å²) in [6.45, 7) is 4.03. The van der Waals surface area contributed by atoms with Crippen LogP contribution < -0.4 is 5.32 Å². The fourth-order valence-corrected chi connectivity index (χ4v) is 1.19. The number of aliphatic carboxylic acids is 1. The highest BCUT2D eigenvalue weighted by molar-refractivity contribution is 5.88. The Morgan fingerprint density at radius 2 is 2.22 bits per heavy atom. The first kappa shape index (κ1) is 14.0. The molecule has 1 aromatic rings. The monoisotopic (exact) mass is 255 g/mol. The maximum absolute atomic E-state index is 11.6. The van der Waals surface area contributed by atoms with E-state index in [1.807, 2.05) is 13.8 Å². The summed E-state index contributed by atoms with van der Waals surface area (Å²) in [6.07, 6.45) is -0.0972. The van der Waals surface area contributed by atoms with Crippen LogP contribution in [0.3, 0.4) is 0 Å². The van der Waals surface area contributed by atoms with Crippen LogP contribution in [0.15, 0.2) is 10.6 Å². The molecule has 0 radical (unpaired) electrons. The van der Waals surface area contributed by atoms with Gasteiger partial charge in [-0.1, -0.05) is 19.0 Å². The number of aromatic nitrogens is 1. The van der Waals surface area contributed by atoms with E-state index in [4.69, 9.17) is 9.63 Å². The van der Waals surface area contributed by atoms with Crippen LogP contribution in [0.1, 0.15) is 31.9 Å². The number of carbonyl (C=O) groups is 2. The minimum atomic E-state index is -0.946. The summed E-state index contributed by atoms with van der Waals surface area (Å²) < 4.78 is 5.03. The Morgan fingerprint density at radius 3 is 2.72 bits per heavy atom. The fourth-order valence-electron chi connectivity index (χ4n) is 1.19. The van der Waals surface area contributed by atoms with Crippen LogP contribution >= 0.6 is 0 Å². The summed E-state index contributed by atoms with van der Waals surface area (Å²) in [6, 6.07) is 1.23. The molecular formula is C11H17N3O4. The van der Waals surface area contributed by atoms with Crippen LogP contribution in [-0.4, -0.2) is 40.8 Å². The summed E-state index contributed by atoms with van der Waals surface area (Å²) in [7, 11) is 1.52. The number of rotatable bonds is 5. The second-order valence-electron chi connectivity index (χ2n) is 4.26. The van der Waals surface area contributed by atoms with E-state index in [1.165, 1.54) is 11.9 Å². The van der Waals surface area contributed by atoms with Gasteiger partial charge in [-0.25, -0.2) is 4.79 Å². The van der Waals surface area contributed by atoms with Crippen molar-refractivity contribution in [2.45, 2.75) is 26.2 Å². The van der Waals surface area contributed by atoms with E-state index in [0.717, 1.165) is 0 Å². The summed E-state index contributed by atoms with van der Waals surface area (Å²) in [5.74, 6) is 0.246. The van der Waals surface area contributed by atoms with Crippen LogP contribution in [0.2, 0.25) is 0 Å². The molecular weight excluding hydrogens is 238 g/mol. The molecule has 0 aliphatic rings. The Bertz CT molecular complexity index is 428. The van der Waals surface area contributed by atoms with E-state index in [9.17, 15) is 9.59 Å². The van der Waals surface area contributed by atoms with E-state index in [2.05, 4.69) is 10.5 Å². The summed E-state index contributed by atoms with van der Waals surface area (Å²) in [4.78, 5) is 23.3. The molecule has 0 saturated carbocycles. The number of amides is 2. The smallest absolute Gasteiger partial charge is 0.322 e. The molecule has 1 heterocycles. The lowest BCUT2D eigenvalue weighted by Crippen LogP contribution is -2.33. The second-order valence-corrected chi connectivity index (χ2v) is 4.26. The normalized spacial score (nSPS) is 10.4. The minimum Gasteiger partial charge on any atom is -0.481 e. The third-order valence-corrected chi connectivity index (χ3v) is 2.34. The fraction of sp³-hybridized carbons (Fsp3) is 0.545. The lowest BCUT2D eigenvalue weighted by Gasteiger charge is -2.15. The molecule has 0 saturated heterocycles. The molecule has 0 aliphatic heterocycles. The van der Waals surface area contributed by atoms with Gasteiger partial charge in [0.1, 0.15) is 5.76 Å². The Kier molecular flexibility index (Phi) is 4.70. The number of urea groups is 1. The van der Waals surface area contributed by atoms with Gasteiger partial charge in [-0.2, -0.15) is 0 Å². The number of hydrogen-bond acceptors (Lipinski definition) is 4. The van der Waals surface area contributed by atoms with Gasteiger partial charge in [0, 0.05) is 25.6 Å². The molecule has 18 heavy (non-hydrogen) atoms. The lowest BCUT2D eigenvalue weighted by molar-refractivity contribution is -0.137. The Balaban J connectivity index is 2.50. The quantitative estimate of drug-likeness (QED) is 0.835. The summed E-state index contributed by atoms with van der Waals surface area (Å²) in [5, 5.41) is 14.7. The van der Waals surface area contributed by atoms with Crippen molar-refractivity contribution in [2.24, 2.45) is 0 Å². The molecule has 7 nitrogen and oxygen atoms in total. The molecule has 7 heteroatoms. The zero-order valence-corrected chi connectivity index (χ0v) is 10.6. The maximum atomic E-state index is 11.6. The molecule has 0 unspecified atom stereocenters. The predicted molar refractivity (Wildman–Crippen MR) is 64.5 cm³/mol. The molecule has 2 N–H and O–H groups in total. The van der Waals surface area contributed by atoms with Crippen LogP contribution in [0.25, 0.3) is 0 Å². The maximum Gasteiger partial charge on any atom is 0.322 e. The SMILES string of the molecule is CC(C)c1cc(NC(=O)N(C)CCC(=O)O)no1. The average Bonchev–Trinajstić information content (AvgIpc) is 2.74. The molecule has 0 fully saturated rings. The summed E-state index contributed by atoms with van der Waals surface area (Å²) in [5.41, 5.74) is 0. The topological polar surface area (TPSA) is 95.7 Å². The number of carbonyl (C=O) groups excluding carboxylic acids is 1. The van der Waals surface area contributed by atoms with E-state index in [0.29, 0.717) is 11.6 Å². The largest absolute Gasteiger partial charge is 0.481 e. The average molecular weight is 255 g/mol. The van der Waals surface area contributed by atoms with Crippen LogP contribution in [0, 0.1) is 0 Å². The van der Waals surface area contributed by atoms with Gasteiger partial charge in [-0.3, -0.25) is 10.1 Å². The minimum absolute atomic E-state index is 0.0972. The third kappa shape index (κ3) is 4.08. The zero-order valence-electron chi connectivity index (χ0n) is 10.6. The van der Waals surface area contributed by atoms with Gasteiger partial charge in [-0.15, -0.1) is 0 Å². The molecule has 0 bridgehead atoms. The highest BCUT2D eigenvalue weighted by Crippen LogP contribution is 2.17. The Morgan fingerprint density at radius 1 is 1.56 bits per heavy atom. The van der Waals surface area contributed by atoms with Gasteiger partial charge in [0.2, 0.25) is 0 Å². The van der Waals surface area contributed by atoms with Gasteiger partial charge >= 0.3 is 12.0 Å². The number of hydrogen-bond donors (Lipinski definition) is 2. The number of anilines is 1. The van der Waals surface area contributed by atoms with E-state index < -0.39 is 12.0 Å². The zero-order chi connectivity index (χ0) is 13.7. The van der Waals surface area contributed by atoms with Crippen molar-refractivity contribution >= 4 is 17.8 Å². The first-order valence-corrected chi connectivity index (χ1v) is 5.60. The van der Waals surface area contributed by atoms with Gasteiger partial charge in [0.25, 0.3) is 0 Å². The molecule has 0 atom stereocenters. The third-order valence-electron chi connectivity index (χ3n) is 2.34. The predicted octanol–water partition coefficient (Wildman–Crippen LogP) is 1.74. The van der Waals surface area contributed by atoms with Gasteiger partial charge in [-0.05, 0) is 0 Å². The van der Waals surface area contributed by atoms with Gasteiger partial charge < -0.3 is 14.5 Å². The molecule has 1 aromatic heterocycles. The van der Waals surface area contributed by atoms with Crippen molar-refractivity contribution in [1.29, 1.82) is 0 Å². The van der Waals surface area contributed by atoms with Crippen molar-refractivity contribution in [3.8, 4) is 0 Å². The Hall–Kier alpha value is -2.05. The Labute approximate surface area is 105 Å². The van der Waals surface area contributed by atoms with E-state index in [-0.39, 0.29) is 18.9 Å². The molecule has 100 valence electrons. The molecule has 0 aromatic carbocycles. The van der Waals surface area contributed by atoms with Crippen molar-refractivity contribution in [2.75, 3.05) is 18.9 Å². The van der Waals surface area contributed by atoms with Gasteiger partial charge in [0.05, 0.1) is 6.42 Å². The number of nitrogens with zero attached hydrogens (tertiary/aromatic N) is 2. The highest BCUT2D eigenvalue weighted by atomic mass is 16.5. The van der Waals surface area contributed by atoms with Crippen molar-refractivity contribution in [3.05, 3.63) is 11.8 Å². The first-order chi connectivity index (χ1) is 8.40. The van der Waals surface area contributed by atoms with Crippen LogP contribution in [0.4, 0.5) is 10.6 Å². The molecule has 0 spiro atoms. The summed E-state index contributed by atoms with van der Waals surface area (Å²) >= 11 is 0. The molecule has 0 aliphatic carbocycles. The van der Waals surface area contributed by atoms with Crippen molar-refractivity contribution < 1.29 is 19.2 Å². The number of nitrogens with one attached hydrogen (secondary N) is 1. The molecule has 1 rings (SSSR count). The number of carboxylic acids is 1.